The van der Waals surface area contributed by atoms with E-state index in [9.17, 15) is 24.5 Å². The van der Waals surface area contributed by atoms with Crippen molar-refractivity contribution in [3.8, 4) is 0 Å². The molecule has 0 radical (unpaired) electrons. The summed E-state index contributed by atoms with van der Waals surface area (Å²) in [6.45, 7) is 11.5. The van der Waals surface area contributed by atoms with Gasteiger partial charge in [-0.3, -0.25) is 24.3 Å². The number of aromatic nitrogens is 1. The van der Waals surface area contributed by atoms with Crippen molar-refractivity contribution >= 4 is 45.9 Å². The predicted octanol–water partition coefficient (Wildman–Crippen LogP) is 7.13. The number of carbonyl (C=O) groups excluding carboxylic acids is 3. The molecule has 0 aliphatic heterocycles. The van der Waals surface area contributed by atoms with Crippen molar-refractivity contribution in [2.45, 2.75) is 52.6 Å². The summed E-state index contributed by atoms with van der Waals surface area (Å²) in [5.74, 6) is -1.12. The summed E-state index contributed by atoms with van der Waals surface area (Å²) in [5.41, 5.74) is 1.22. The maximum atomic E-state index is 13.3. The van der Waals surface area contributed by atoms with Crippen LogP contribution >= 0.6 is 0 Å². The third-order valence-corrected chi connectivity index (χ3v) is 6.26. The van der Waals surface area contributed by atoms with Gasteiger partial charge in [-0.25, -0.2) is 4.79 Å². The molecule has 10 nitrogen and oxygen atoms in total. The quantitative estimate of drug-likeness (QED) is 0.198. The number of anilines is 2. The SMILES string of the molecule is CC(C)(C)OC(=O)n1ccc2ccc(NC(=O)c3ccc([N+](=O)[O-])cc3NC(=O)c3ccc(C(C)(C)C)cc3)cc21. The van der Waals surface area contributed by atoms with Crippen molar-refractivity contribution in [2.24, 2.45) is 0 Å². The summed E-state index contributed by atoms with van der Waals surface area (Å²) in [7, 11) is 0. The van der Waals surface area contributed by atoms with Crippen LogP contribution in [0.5, 0.6) is 0 Å². The van der Waals surface area contributed by atoms with Crippen molar-refractivity contribution < 1.29 is 24.0 Å². The highest BCUT2D eigenvalue weighted by atomic mass is 16.6. The Labute approximate surface area is 237 Å². The lowest BCUT2D eigenvalue weighted by Crippen LogP contribution is -2.26. The van der Waals surface area contributed by atoms with E-state index in [0.717, 1.165) is 17.0 Å². The number of nitro groups is 1. The van der Waals surface area contributed by atoms with E-state index in [2.05, 4.69) is 31.4 Å². The average molecular weight is 557 g/mol. The van der Waals surface area contributed by atoms with Crippen LogP contribution in [0, 0.1) is 10.1 Å². The Kier molecular flexibility index (Phi) is 7.70. The number of hydrogen-bond donors (Lipinski definition) is 2. The van der Waals surface area contributed by atoms with Crippen molar-refractivity contribution in [1.82, 2.24) is 4.57 Å². The van der Waals surface area contributed by atoms with Crippen LogP contribution in [0.4, 0.5) is 21.9 Å². The molecule has 0 aliphatic carbocycles. The Hall–Kier alpha value is -4.99. The molecular formula is C31H32N4O6. The lowest BCUT2D eigenvalue weighted by Gasteiger charge is -2.20. The van der Waals surface area contributed by atoms with Gasteiger partial charge in [0, 0.05) is 35.0 Å². The number of hydrogen-bond acceptors (Lipinski definition) is 6. The standard InChI is InChI=1S/C31H32N4O6/c1-30(2,3)21-10-7-20(8-11-21)27(36)33-25-18-23(35(39)40)13-14-24(25)28(37)32-22-12-9-19-15-16-34(26(19)17-22)29(38)41-31(4,5)6/h7-18H,1-6H3,(H,32,37)(H,33,36). The molecule has 0 unspecified atom stereocenters. The van der Waals surface area contributed by atoms with Crippen molar-refractivity contribution in [2.75, 3.05) is 10.6 Å². The highest BCUT2D eigenvalue weighted by molar-refractivity contribution is 6.13. The van der Waals surface area contributed by atoms with E-state index in [-0.39, 0.29) is 22.4 Å². The van der Waals surface area contributed by atoms with Crippen LogP contribution in [0.3, 0.4) is 0 Å². The van der Waals surface area contributed by atoms with Gasteiger partial charge in [0.05, 0.1) is 21.7 Å². The number of non-ortho nitro benzene ring substituents is 1. The van der Waals surface area contributed by atoms with E-state index in [0.29, 0.717) is 16.8 Å². The number of rotatable bonds is 5. The van der Waals surface area contributed by atoms with Crippen molar-refractivity contribution in [1.29, 1.82) is 0 Å². The van der Waals surface area contributed by atoms with Crippen LogP contribution in [-0.2, 0) is 10.2 Å². The minimum Gasteiger partial charge on any atom is -0.443 e. The number of amides is 2. The molecule has 0 saturated heterocycles. The molecule has 41 heavy (non-hydrogen) atoms. The number of nitrogens with zero attached hydrogens (tertiary/aromatic N) is 2. The second-order valence-corrected chi connectivity index (χ2v) is 11.7. The Morgan fingerprint density at radius 2 is 1.51 bits per heavy atom. The molecule has 10 heteroatoms. The number of benzene rings is 3. The zero-order valence-electron chi connectivity index (χ0n) is 23.8. The number of fused-ring (bicyclic) bond motifs is 1. The van der Waals surface area contributed by atoms with Gasteiger partial charge in [-0.15, -0.1) is 0 Å². The first-order chi connectivity index (χ1) is 19.1. The molecule has 212 valence electrons. The highest BCUT2D eigenvalue weighted by Crippen LogP contribution is 2.27. The van der Waals surface area contributed by atoms with Gasteiger partial charge in [-0.05, 0) is 68.1 Å². The molecule has 1 heterocycles. The van der Waals surface area contributed by atoms with E-state index >= 15 is 0 Å². The second kappa shape index (κ2) is 10.9. The first kappa shape index (κ1) is 29.0. The molecule has 0 aliphatic rings. The smallest absolute Gasteiger partial charge is 0.418 e. The Balaban J connectivity index is 1.61. The summed E-state index contributed by atoms with van der Waals surface area (Å²) in [6, 6.07) is 17.4. The molecule has 4 rings (SSSR count). The molecule has 4 aromatic rings. The number of nitro benzene ring substituents is 1. The lowest BCUT2D eigenvalue weighted by atomic mass is 9.86. The monoisotopic (exact) mass is 556 g/mol. The highest BCUT2D eigenvalue weighted by Gasteiger charge is 2.22. The number of nitrogens with one attached hydrogen (secondary N) is 2. The third-order valence-electron chi connectivity index (χ3n) is 6.26. The summed E-state index contributed by atoms with van der Waals surface area (Å²) in [5, 5.41) is 17.6. The maximum Gasteiger partial charge on any atom is 0.418 e. The van der Waals surface area contributed by atoms with Gasteiger partial charge in [0.2, 0.25) is 0 Å². The van der Waals surface area contributed by atoms with E-state index in [1.54, 1.807) is 63.4 Å². The van der Waals surface area contributed by atoms with Gasteiger partial charge in [0.15, 0.2) is 0 Å². The molecule has 0 spiro atoms. The van der Waals surface area contributed by atoms with Crippen LogP contribution < -0.4 is 10.6 Å². The first-order valence-corrected chi connectivity index (χ1v) is 13.0. The van der Waals surface area contributed by atoms with Gasteiger partial charge in [-0.2, -0.15) is 0 Å². The van der Waals surface area contributed by atoms with Crippen molar-refractivity contribution in [3.05, 3.63) is 99.7 Å². The van der Waals surface area contributed by atoms with Gasteiger partial charge in [-0.1, -0.05) is 39.0 Å². The predicted molar refractivity (Wildman–Crippen MR) is 158 cm³/mol. The van der Waals surface area contributed by atoms with E-state index in [1.807, 2.05) is 12.1 Å². The Morgan fingerprint density at radius 3 is 2.12 bits per heavy atom. The maximum absolute atomic E-state index is 13.3. The fourth-order valence-corrected chi connectivity index (χ4v) is 4.14. The molecule has 1 aromatic heterocycles. The minimum atomic E-state index is -0.690. The number of carbonyl (C=O) groups is 3. The molecule has 2 amide bonds. The molecule has 0 bridgehead atoms. The van der Waals surface area contributed by atoms with Gasteiger partial charge >= 0.3 is 6.09 Å². The first-order valence-electron chi connectivity index (χ1n) is 13.0. The fourth-order valence-electron chi connectivity index (χ4n) is 4.14. The topological polar surface area (TPSA) is 133 Å². The molecule has 3 aromatic carbocycles. The summed E-state index contributed by atoms with van der Waals surface area (Å²) >= 11 is 0. The van der Waals surface area contributed by atoms with Crippen molar-refractivity contribution in [3.63, 3.8) is 0 Å². The van der Waals surface area contributed by atoms with Gasteiger partial charge < -0.3 is 15.4 Å². The molecule has 0 fully saturated rings. The van der Waals surface area contributed by atoms with Crippen LogP contribution in [0.1, 0.15) is 67.8 Å². The van der Waals surface area contributed by atoms with Crippen LogP contribution in [0.2, 0.25) is 0 Å². The largest absolute Gasteiger partial charge is 0.443 e. The zero-order valence-corrected chi connectivity index (χ0v) is 23.8. The van der Waals surface area contributed by atoms with E-state index in [4.69, 9.17) is 4.74 Å². The number of ether oxygens (including phenoxy) is 1. The molecule has 0 atom stereocenters. The van der Waals surface area contributed by atoms with E-state index in [1.165, 1.54) is 16.7 Å². The molecular weight excluding hydrogens is 524 g/mol. The van der Waals surface area contributed by atoms with E-state index < -0.39 is 28.4 Å². The second-order valence-electron chi connectivity index (χ2n) is 11.7. The summed E-state index contributed by atoms with van der Waals surface area (Å²) < 4.78 is 6.81. The third kappa shape index (κ3) is 6.78. The average Bonchev–Trinajstić information content (AvgIpc) is 3.30. The summed E-state index contributed by atoms with van der Waals surface area (Å²) in [4.78, 5) is 49.9. The summed E-state index contributed by atoms with van der Waals surface area (Å²) in [6.07, 6.45) is 1.02. The lowest BCUT2D eigenvalue weighted by molar-refractivity contribution is -0.384. The molecule has 2 N–H and O–H groups in total. The van der Waals surface area contributed by atoms with Crippen LogP contribution in [0.15, 0.2) is 72.9 Å². The normalized spacial score (nSPS) is 11.7. The minimum absolute atomic E-state index is 0.0141. The Bertz CT molecular complexity index is 1660. The van der Waals surface area contributed by atoms with Crippen LogP contribution in [-0.4, -0.2) is 33.0 Å². The van der Waals surface area contributed by atoms with Crippen LogP contribution in [0.25, 0.3) is 10.9 Å². The Morgan fingerprint density at radius 1 is 0.829 bits per heavy atom. The fraction of sp³-hybridized carbons (Fsp3) is 0.258. The van der Waals surface area contributed by atoms with Gasteiger partial charge in [0.1, 0.15) is 5.60 Å². The van der Waals surface area contributed by atoms with Gasteiger partial charge in [0.25, 0.3) is 17.5 Å². The molecule has 0 saturated carbocycles. The zero-order chi connectivity index (χ0) is 30.1.